The van der Waals surface area contributed by atoms with E-state index in [2.05, 4.69) is 4.98 Å². The molecule has 1 aliphatic rings. The predicted molar refractivity (Wildman–Crippen MR) is 71.2 cm³/mol. The average Bonchev–Trinajstić information content (AvgIpc) is 2.93. The second kappa shape index (κ2) is 4.74. The molecule has 6 heteroatoms. The van der Waals surface area contributed by atoms with Crippen LogP contribution in [-0.2, 0) is 4.79 Å². The van der Waals surface area contributed by atoms with Gasteiger partial charge in [0.15, 0.2) is 11.5 Å². The monoisotopic (exact) mass is 297 g/mol. The fourth-order valence-electron chi connectivity index (χ4n) is 2.94. The van der Waals surface area contributed by atoms with Crippen LogP contribution in [0, 0.1) is 17.7 Å². The first-order chi connectivity index (χ1) is 9.45. The van der Waals surface area contributed by atoms with Crippen molar-refractivity contribution < 1.29 is 18.7 Å². The largest absolute Gasteiger partial charge is 0.481 e. The molecule has 0 aliphatic heterocycles. The van der Waals surface area contributed by atoms with Crippen molar-refractivity contribution in [3.05, 3.63) is 28.9 Å². The number of rotatable bonds is 2. The number of fused-ring (bicyclic) bond motifs is 1. The lowest BCUT2D eigenvalue weighted by molar-refractivity contribution is -0.142. The van der Waals surface area contributed by atoms with Crippen molar-refractivity contribution in [2.45, 2.75) is 25.7 Å². The van der Waals surface area contributed by atoms with Crippen LogP contribution in [0.15, 0.2) is 16.5 Å². The van der Waals surface area contributed by atoms with Gasteiger partial charge in [-0.15, -0.1) is 0 Å². The Morgan fingerprint density at radius 3 is 2.95 bits per heavy atom. The number of carboxylic acid groups (broad SMARTS) is 1. The van der Waals surface area contributed by atoms with Crippen LogP contribution in [0.2, 0.25) is 5.02 Å². The summed E-state index contributed by atoms with van der Waals surface area (Å²) in [5.74, 6) is -1.52. The lowest BCUT2D eigenvalue weighted by Gasteiger charge is -2.10. The third-order valence-corrected chi connectivity index (χ3v) is 4.17. The van der Waals surface area contributed by atoms with Crippen LogP contribution in [0.5, 0.6) is 0 Å². The Balaban J connectivity index is 2.03. The second-order valence-electron chi connectivity index (χ2n) is 5.41. The molecule has 0 radical (unpaired) electrons. The highest BCUT2D eigenvalue weighted by Gasteiger charge is 2.40. The summed E-state index contributed by atoms with van der Waals surface area (Å²) in [6.45, 7) is 2.01. The zero-order valence-corrected chi connectivity index (χ0v) is 11.5. The fraction of sp³-hybridized carbons (Fsp3) is 0.429. The van der Waals surface area contributed by atoms with Crippen LogP contribution in [0.3, 0.4) is 0 Å². The van der Waals surface area contributed by atoms with Gasteiger partial charge < -0.3 is 9.52 Å². The Morgan fingerprint density at radius 2 is 2.25 bits per heavy atom. The molecular formula is C14H13ClFNO3. The van der Waals surface area contributed by atoms with Gasteiger partial charge in [-0.1, -0.05) is 18.5 Å². The maximum atomic E-state index is 13.4. The van der Waals surface area contributed by atoms with E-state index in [1.54, 1.807) is 0 Å². The molecule has 4 nitrogen and oxygen atoms in total. The van der Waals surface area contributed by atoms with E-state index in [9.17, 15) is 14.3 Å². The van der Waals surface area contributed by atoms with Crippen molar-refractivity contribution in [3.63, 3.8) is 0 Å². The van der Waals surface area contributed by atoms with Crippen LogP contribution in [-0.4, -0.2) is 16.1 Å². The zero-order chi connectivity index (χ0) is 14.4. The Kier molecular flexibility index (Phi) is 3.17. The maximum absolute atomic E-state index is 13.4. The smallest absolute Gasteiger partial charge is 0.307 e. The topological polar surface area (TPSA) is 63.3 Å². The first-order valence-electron chi connectivity index (χ1n) is 6.44. The number of halogens is 2. The van der Waals surface area contributed by atoms with Crippen LogP contribution >= 0.6 is 11.6 Å². The van der Waals surface area contributed by atoms with Gasteiger partial charge in [-0.3, -0.25) is 4.79 Å². The summed E-state index contributed by atoms with van der Waals surface area (Å²) in [4.78, 5) is 15.6. The number of benzene rings is 1. The van der Waals surface area contributed by atoms with Crippen LogP contribution < -0.4 is 0 Å². The SMILES string of the molecule is CC1CC(C(=O)O)C(c2nc3cc(Cl)c(F)cc3o2)C1. The highest BCUT2D eigenvalue weighted by molar-refractivity contribution is 6.31. The van der Waals surface area contributed by atoms with Gasteiger partial charge in [0.25, 0.3) is 0 Å². The Bertz CT molecular complexity index is 645. The summed E-state index contributed by atoms with van der Waals surface area (Å²) in [6.07, 6.45) is 1.31. The summed E-state index contributed by atoms with van der Waals surface area (Å²) < 4.78 is 18.9. The van der Waals surface area contributed by atoms with Crippen LogP contribution in [0.4, 0.5) is 4.39 Å². The van der Waals surface area contributed by atoms with Gasteiger partial charge in [0, 0.05) is 12.0 Å². The zero-order valence-electron chi connectivity index (χ0n) is 10.8. The van der Waals surface area contributed by atoms with Crippen molar-refractivity contribution in [1.82, 2.24) is 4.98 Å². The van der Waals surface area contributed by atoms with E-state index in [0.717, 1.165) is 0 Å². The second-order valence-corrected chi connectivity index (χ2v) is 5.82. The molecule has 1 fully saturated rings. The molecular weight excluding hydrogens is 285 g/mol. The number of hydrogen-bond acceptors (Lipinski definition) is 3. The highest BCUT2D eigenvalue weighted by Crippen LogP contribution is 2.43. The van der Waals surface area contributed by atoms with Gasteiger partial charge in [0.2, 0.25) is 0 Å². The lowest BCUT2D eigenvalue weighted by Crippen LogP contribution is -2.17. The minimum Gasteiger partial charge on any atom is -0.481 e. The maximum Gasteiger partial charge on any atom is 0.307 e. The lowest BCUT2D eigenvalue weighted by atomic mass is 9.96. The Hall–Kier alpha value is -1.62. The minimum absolute atomic E-state index is 0.0214. The number of aliphatic carboxylic acids is 1. The summed E-state index contributed by atoms with van der Waals surface area (Å²) in [7, 11) is 0. The summed E-state index contributed by atoms with van der Waals surface area (Å²) >= 11 is 5.71. The first-order valence-corrected chi connectivity index (χ1v) is 6.81. The van der Waals surface area contributed by atoms with E-state index in [-0.39, 0.29) is 10.9 Å². The molecule has 3 unspecified atom stereocenters. The summed E-state index contributed by atoms with van der Waals surface area (Å²) in [6, 6.07) is 2.58. The van der Waals surface area contributed by atoms with E-state index < -0.39 is 17.7 Å². The van der Waals surface area contributed by atoms with E-state index in [0.29, 0.717) is 35.7 Å². The van der Waals surface area contributed by atoms with E-state index in [1.165, 1.54) is 12.1 Å². The number of aromatic nitrogens is 1. The molecule has 1 saturated carbocycles. The molecule has 1 aromatic carbocycles. The molecule has 1 aliphatic carbocycles. The third-order valence-electron chi connectivity index (χ3n) is 3.88. The molecule has 1 heterocycles. The molecule has 106 valence electrons. The molecule has 3 rings (SSSR count). The molecule has 0 saturated heterocycles. The predicted octanol–water partition coefficient (Wildman–Crippen LogP) is 3.83. The normalized spacial score (nSPS) is 26.2. The van der Waals surface area contributed by atoms with Gasteiger partial charge in [0.1, 0.15) is 11.3 Å². The Labute approximate surface area is 119 Å². The van der Waals surface area contributed by atoms with Crippen LogP contribution in [0.25, 0.3) is 11.1 Å². The molecule has 3 atom stereocenters. The van der Waals surface area contributed by atoms with Gasteiger partial charge in [-0.25, -0.2) is 9.37 Å². The van der Waals surface area contributed by atoms with Gasteiger partial charge in [-0.2, -0.15) is 0 Å². The quantitative estimate of drug-likeness (QED) is 0.915. The van der Waals surface area contributed by atoms with Gasteiger partial charge in [0.05, 0.1) is 10.9 Å². The van der Waals surface area contributed by atoms with Crippen molar-refractivity contribution >= 4 is 28.7 Å². The van der Waals surface area contributed by atoms with E-state index in [4.69, 9.17) is 16.0 Å². The third kappa shape index (κ3) is 2.16. The number of nitrogens with zero attached hydrogens (tertiary/aromatic N) is 1. The van der Waals surface area contributed by atoms with E-state index >= 15 is 0 Å². The molecule has 20 heavy (non-hydrogen) atoms. The molecule has 0 amide bonds. The number of carbonyl (C=O) groups is 1. The number of hydrogen-bond donors (Lipinski definition) is 1. The van der Waals surface area contributed by atoms with Gasteiger partial charge >= 0.3 is 5.97 Å². The minimum atomic E-state index is -0.842. The number of oxazole rings is 1. The van der Waals surface area contributed by atoms with Crippen molar-refractivity contribution in [3.8, 4) is 0 Å². The number of carboxylic acids is 1. The van der Waals surface area contributed by atoms with Gasteiger partial charge in [-0.05, 0) is 24.8 Å². The average molecular weight is 298 g/mol. The first kappa shape index (κ1) is 13.4. The summed E-state index contributed by atoms with van der Waals surface area (Å²) in [5, 5.41) is 9.25. The fourth-order valence-corrected chi connectivity index (χ4v) is 3.10. The molecule has 0 bridgehead atoms. The standard InChI is InChI=1S/C14H13ClFNO3/c1-6-2-7(8(3-6)14(18)19)13-17-11-4-9(15)10(16)5-12(11)20-13/h4-8H,2-3H2,1H3,(H,18,19). The molecule has 1 N–H and O–H groups in total. The highest BCUT2D eigenvalue weighted by atomic mass is 35.5. The summed E-state index contributed by atoms with van der Waals surface area (Å²) in [5.41, 5.74) is 0.751. The molecule has 0 spiro atoms. The van der Waals surface area contributed by atoms with E-state index in [1.807, 2.05) is 6.92 Å². The van der Waals surface area contributed by atoms with Crippen molar-refractivity contribution in [1.29, 1.82) is 0 Å². The molecule has 2 aromatic rings. The van der Waals surface area contributed by atoms with Crippen molar-refractivity contribution in [2.75, 3.05) is 0 Å². The van der Waals surface area contributed by atoms with Crippen LogP contribution in [0.1, 0.15) is 31.6 Å². The Morgan fingerprint density at radius 1 is 1.50 bits per heavy atom. The molecule has 1 aromatic heterocycles. The van der Waals surface area contributed by atoms with Crippen molar-refractivity contribution in [2.24, 2.45) is 11.8 Å².